The third-order valence-electron chi connectivity index (χ3n) is 4.60. The molecule has 0 saturated carbocycles. The molecule has 2 aromatic heterocycles. The van der Waals surface area contributed by atoms with E-state index in [1.54, 1.807) is 36.8 Å². The lowest BCUT2D eigenvalue weighted by Crippen LogP contribution is -2.17. The number of fused-ring (bicyclic) bond motifs is 1. The van der Waals surface area contributed by atoms with Crippen LogP contribution in [0, 0.1) is 0 Å². The Morgan fingerprint density at radius 1 is 1.11 bits per heavy atom. The minimum atomic E-state index is -3.75. The molecule has 7 nitrogen and oxygen atoms in total. The van der Waals surface area contributed by atoms with Crippen LogP contribution in [0.2, 0.25) is 0 Å². The fraction of sp³-hybridized carbons (Fsp3) is 0.250. The quantitative estimate of drug-likeness (QED) is 0.730. The van der Waals surface area contributed by atoms with Crippen molar-refractivity contribution in [2.75, 3.05) is 4.72 Å². The summed E-state index contributed by atoms with van der Waals surface area (Å²) in [4.78, 5) is 8.56. The van der Waals surface area contributed by atoms with Gasteiger partial charge in [0.1, 0.15) is 5.82 Å². The smallest absolute Gasteiger partial charge is 0.263 e. The number of sulfonamides is 1. The van der Waals surface area contributed by atoms with Gasteiger partial charge in [0, 0.05) is 36.7 Å². The number of nitrogens with one attached hydrogen (secondary N) is 1. The monoisotopic (exact) mass is 395 g/mol. The number of aliphatic imine (C=N–C) groups is 1. The van der Waals surface area contributed by atoms with Crippen molar-refractivity contribution in [3.8, 4) is 0 Å². The number of aromatic nitrogens is 3. The molecular weight excluding hydrogens is 374 g/mol. The first-order chi connectivity index (χ1) is 13.2. The largest absolute Gasteiger partial charge is 0.268 e. The molecule has 0 bridgehead atoms. The van der Waals surface area contributed by atoms with Gasteiger partial charge in [-0.2, -0.15) is 9.61 Å². The van der Waals surface area contributed by atoms with Crippen LogP contribution in [0.15, 0.2) is 58.7 Å². The van der Waals surface area contributed by atoms with E-state index in [1.165, 1.54) is 4.52 Å². The Bertz CT molecular complexity index is 1200. The topological polar surface area (TPSA) is 88.7 Å². The van der Waals surface area contributed by atoms with Crippen molar-refractivity contribution in [1.29, 1.82) is 0 Å². The average Bonchev–Trinajstić information content (AvgIpc) is 3.30. The van der Waals surface area contributed by atoms with Crippen molar-refractivity contribution < 1.29 is 8.42 Å². The first-order valence-electron chi connectivity index (χ1n) is 8.93. The van der Waals surface area contributed by atoms with Gasteiger partial charge in [-0.3, -0.25) is 9.71 Å². The third-order valence-corrected chi connectivity index (χ3v) is 5.97. The van der Waals surface area contributed by atoms with Crippen LogP contribution < -0.4 is 4.72 Å². The molecule has 0 spiro atoms. The maximum Gasteiger partial charge on any atom is 0.263 e. The summed E-state index contributed by atoms with van der Waals surface area (Å²) >= 11 is 0. The van der Waals surface area contributed by atoms with Crippen molar-refractivity contribution in [3.05, 3.63) is 60.1 Å². The average molecular weight is 395 g/mol. The van der Waals surface area contributed by atoms with Crippen LogP contribution >= 0.6 is 0 Å². The normalized spacial score (nSPS) is 14.5. The molecule has 0 aliphatic carbocycles. The van der Waals surface area contributed by atoms with Crippen molar-refractivity contribution >= 4 is 33.3 Å². The second kappa shape index (κ2) is 6.56. The molecule has 4 rings (SSSR count). The second-order valence-electron chi connectivity index (χ2n) is 7.70. The van der Waals surface area contributed by atoms with Crippen molar-refractivity contribution in [2.45, 2.75) is 37.5 Å². The molecule has 1 aliphatic heterocycles. The Hall–Kier alpha value is -3.00. The van der Waals surface area contributed by atoms with Crippen LogP contribution in [-0.4, -0.2) is 29.2 Å². The summed E-state index contributed by atoms with van der Waals surface area (Å²) < 4.78 is 29.8. The third kappa shape index (κ3) is 3.43. The highest BCUT2D eigenvalue weighted by molar-refractivity contribution is 7.92. The molecular formula is C20H21N5O2S. The summed E-state index contributed by atoms with van der Waals surface area (Å²) in [6.45, 7) is 6.26. The first-order valence-corrected chi connectivity index (χ1v) is 10.4. The lowest BCUT2D eigenvalue weighted by molar-refractivity contribution is 0.587. The van der Waals surface area contributed by atoms with E-state index in [0.29, 0.717) is 17.9 Å². The molecule has 8 heteroatoms. The van der Waals surface area contributed by atoms with Crippen LogP contribution in [0.4, 0.5) is 5.82 Å². The number of hydrogen-bond donors (Lipinski definition) is 1. The van der Waals surface area contributed by atoms with Gasteiger partial charge >= 0.3 is 0 Å². The molecule has 0 amide bonds. The molecule has 3 aromatic rings. The Labute approximate surface area is 163 Å². The van der Waals surface area contributed by atoms with Gasteiger partial charge in [-0.05, 0) is 29.2 Å². The molecule has 28 heavy (non-hydrogen) atoms. The van der Waals surface area contributed by atoms with Gasteiger partial charge < -0.3 is 0 Å². The van der Waals surface area contributed by atoms with E-state index in [9.17, 15) is 8.42 Å². The minimum absolute atomic E-state index is 0.0446. The fourth-order valence-corrected chi connectivity index (χ4v) is 4.02. The van der Waals surface area contributed by atoms with Crippen molar-refractivity contribution in [3.63, 3.8) is 0 Å². The van der Waals surface area contributed by atoms with Gasteiger partial charge in [0.05, 0.1) is 10.6 Å². The summed E-state index contributed by atoms with van der Waals surface area (Å²) in [6.07, 6.45) is 5.81. The number of rotatable bonds is 4. The molecule has 0 atom stereocenters. The Balaban J connectivity index is 1.67. The lowest BCUT2D eigenvalue weighted by Gasteiger charge is -2.19. The minimum Gasteiger partial charge on any atom is -0.268 e. The van der Waals surface area contributed by atoms with E-state index in [1.807, 2.05) is 18.2 Å². The predicted octanol–water partition coefficient (Wildman–Crippen LogP) is 3.64. The number of hydrogen-bond acceptors (Lipinski definition) is 5. The zero-order valence-corrected chi connectivity index (χ0v) is 16.7. The van der Waals surface area contributed by atoms with Gasteiger partial charge in [-0.25, -0.2) is 13.4 Å². The Kier molecular flexibility index (Phi) is 4.30. The van der Waals surface area contributed by atoms with Crippen LogP contribution in [0.25, 0.3) is 11.2 Å². The van der Waals surface area contributed by atoms with Gasteiger partial charge in [0.2, 0.25) is 0 Å². The highest BCUT2D eigenvalue weighted by atomic mass is 32.2. The summed E-state index contributed by atoms with van der Waals surface area (Å²) in [5.41, 5.74) is 3.28. The van der Waals surface area contributed by atoms with Gasteiger partial charge in [0.15, 0.2) is 5.65 Å². The van der Waals surface area contributed by atoms with Crippen LogP contribution in [0.5, 0.6) is 0 Å². The molecule has 0 fully saturated rings. The molecule has 1 aromatic carbocycles. The zero-order chi connectivity index (χ0) is 19.9. The van der Waals surface area contributed by atoms with Crippen LogP contribution in [-0.2, 0) is 15.4 Å². The lowest BCUT2D eigenvalue weighted by atomic mass is 9.87. The van der Waals surface area contributed by atoms with E-state index in [2.05, 4.69) is 40.6 Å². The SMILES string of the molecule is CC(C)(C)c1ccc(S(=O)(=O)Nc2ccnc3cc(C4=CN=CC4)nn23)cc1. The van der Waals surface area contributed by atoms with E-state index in [4.69, 9.17) is 0 Å². The molecule has 3 heterocycles. The first kappa shape index (κ1) is 18.4. The number of nitrogens with zero attached hydrogens (tertiary/aromatic N) is 4. The van der Waals surface area contributed by atoms with E-state index >= 15 is 0 Å². The zero-order valence-electron chi connectivity index (χ0n) is 15.9. The maximum atomic E-state index is 12.9. The molecule has 0 unspecified atom stereocenters. The second-order valence-corrected chi connectivity index (χ2v) is 9.38. The highest BCUT2D eigenvalue weighted by Crippen LogP contribution is 2.25. The number of allylic oxidation sites excluding steroid dienone is 1. The standard InChI is InChI=1S/C20H21N5O2S/c1-20(2,3)15-4-6-16(7-5-15)28(26,27)24-18-9-11-22-19-12-17(23-25(18)19)14-8-10-21-13-14/h4-7,9-13,24H,8H2,1-3H3. The molecule has 1 N–H and O–H groups in total. The molecule has 0 saturated heterocycles. The van der Waals surface area contributed by atoms with Gasteiger partial charge in [0.25, 0.3) is 10.0 Å². The summed E-state index contributed by atoms with van der Waals surface area (Å²) in [7, 11) is -3.75. The number of anilines is 1. The van der Waals surface area contributed by atoms with E-state index < -0.39 is 10.0 Å². The molecule has 0 radical (unpaired) electrons. The van der Waals surface area contributed by atoms with Crippen LogP contribution in [0.1, 0.15) is 38.4 Å². The van der Waals surface area contributed by atoms with Crippen LogP contribution in [0.3, 0.4) is 0 Å². The van der Waals surface area contributed by atoms with E-state index in [0.717, 1.165) is 16.8 Å². The van der Waals surface area contributed by atoms with Gasteiger partial charge in [-0.15, -0.1) is 0 Å². The predicted molar refractivity (Wildman–Crippen MR) is 110 cm³/mol. The highest BCUT2D eigenvalue weighted by Gasteiger charge is 2.19. The van der Waals surface area contributed by atoms with Crippen molar-refractivity contribution in [2.24, 2.45) is 4.99 Å². The fourth-order valence-electron chi connectivity index (χ4n) is 2.98. The summed E-state index contributed by atoms with van der Waals surface area (Å²) in [6, 6.07) is 10.3. The Morgan fingerprint density at radius 3 is 2.50 bits per heavy atom. The van der Waals surface area contributed by atoms with E-state index in [-0.39, 0.29) is 10.3 Å². The molecule has 144 valence electrons. The summed E-state index contributed by atoms with van der Waals surface area (Å²) in [5, 5.41) is 4.50. The summed E-state index contributed by atoms with van der Waals surface area (Å²) in [5.74, 6) is 0.329. The molecule has 1 aliphatic rings. The maximum absolute atomic E-state index is 12.9. The Morgan fingerprint density at radius 2 is 1.86 bits per heavy atom. The van der Waals surface area contributed by atoms with Gasteiger partial charge in [-0.1, -0.05) is 32.9 Å². The van der Waals surface area contributed by atoms with Crippen molar-refractivity contribution in [1.82, 2.24) is 14.6 Å². The number of benzene rings is 1.